The molecule has 2 heterocycles. The minimum atomic E-state index is 1.03. The second-order valence-corrected chi connectivity index (χ2v) is 3.09. The van der Waals surface area contributed by atoms with Gasteiger partial charge in [0.05, 0.1) is 6.20 Å². The van der Waals surface area contributed by atoms with Crippen LogP contribution in [-0.2, 0) is 7.05 Å². The van der Waals surface area contributed by atoms with E-state index in [1.165, 1.54) is 0 Å². The minimum Gasteiger partial charge on any atom is -0.275 e. The first kappa shape index (κ1) is 7.98. The molecular formula is C10H11N3. The number of rotatable bonds is 1. The Bertz CT molecular complexity index is 400. The summed E-state index contributed by atoms with van der Waals surface area (Å²) in [7, 11) is 1.91. The summed E-state index contributed by atoms with van der Waals surface area (Å²) in [5, 5.41) is 4.10. The highest BCUT2D eigenvalue weighted by atomic mass is 15.2. The first-order valence-electron chi connectivity index (χ1n) is 4.17. The molecule has 2 aromatic rings. The molecule has 0 aliphatic carbocycles. The van der Waals surface area contributed by atoms with Crippen LogP contribution in [0.3, 0.4) is 0 Å². The Morgan fingerprint density at radius 3 is 2.54 bits per heavy atom. The van der Waals surface area contributed by atoms with Crippen LogP contribution in [0.4, 0.5) is 0 Å². The molecule has 0 aliphatic heterocycles. The molecule has 0 N–H and O–H groups in total. The van der Waals surface area contributed by atoms with Gasteiger partial charge in [0.1, 0.15) is 0 Å². The standard InChI is InChI=1S/C10H11N3/c1-8-3-4-9(5-11-8)10-6-12-13(2)7-10/h3-7H,1-2H3. The van der Waals surface area contributed by atoms with Crippen molar-refractivity contribution in [1.29, 1.82) is 0 Å². The number of hydrogen-bond acceptors (Lipinski definition) is 2. The van der Waals surface area contributed by atoms with E-state index in [0.29, 0.717) is 0 Å². The van der Waals surface area contributed by atoms with Gasteiger partial charge >= 0.3 is 0 Å². The Morgan fingerprint density at radius 1 is 1.15 bits per heavy atom. The Balaban J connectivity index is 2.41. The van der Waals surface area contributed by atoms with Gasteiger partial charge in [-0.25, -0.2) is 0 Å². The molecule has 0 aromatic carbocycles. The molecule has 0 fully saturated rings. The van der Waals surface area contributed by atoms with E-state index >= 15 is 0 Å². The molecule has 0 saturated heterocycles. The van der Waals surface area contributed by atoms with E-state index in [9.17, 15) is 0 Å². The highest BCUT2D eigenvalue weighted by Crippen LogP contribution is 2.16. The zero-order chi connectivity index (χ0) is 9.26. The third-order valence-electron chi connectivity index (χ3n) is 1.95. The van der Waals surface area contributed by atoms with Crippen molar-refractivity contribution < 1.29 is 0 Å². The molecular weight excluding hydrogens is 162 g/mol. The van der Waals surface area contributed by atoms with E-state index in [0.717, 1.165) is 16.8 Å². The van der Waals surface area contributed by atoms with Crippen molar-refractivity contribution in [2.24, 2.45) is 7.05 Å². The van der Waals surface area contributed by atoms with Gasteiger partial charge in [-0.05, 0) is 13.0 Å². The van der Waals surface area contributed by atoms with Crippen molar-refractivity contribution in [3.05, 3.63) is 36.4 Å². The van der Waals surface area contributed by atoms with E-state index in [1.807, 2.05) is 38.6 Å². The van der Waals surface area contributed by atoms with Crippen molar-refractivity contribution in [1.82, 2.24) is 14.8 Å². The van der Waals surface area contributed by atoms with Crippen molar-refractivity contribution in [3.8, 4) is 11.1 Å². The van der Waals surface area contributed by atoms with Crippen LogP contribution in [0.5, 0.6) is 0 Å². The van der Waals surface area contributed by atoms with Crippen molar-refractivity contribution in [3.63, 3.8) is 0 Å². The van der Waals surface area contributed by atoms with Crippen LogP contribution in [0.2, 0.25) is 0 Å². The van der Waals surface area contributed by atoms with Gasteiger partial charge in [-0.1, -0.05) is 6.07 Å². The number of nitrogens with zero attached hydrogens (tertiary/aromatic N) is 3. The Kier molecular flexibility index (Phi) is 1.85. The van der Waals surface area contributed by atoms with Crippen LogP contribution in [-0.4, -0.2) is 14.8 Å². The zero-order valence-electron chi connectivity index (χ0n) is 7.73. The molecule has 0 unspecified atom stereocenters. The molecule has 0 aliphatic rings. The molecule has 3 nitrogen and oxygen atoms in total. The summed E-state index contributed by atoms with van der Waals surface area (Å²) in [6, 6.07) is 4.06. The predicted octanol–water partition coefficient (Wildman–Crippen LogP) is 1.79. The molecule has 2 rings (SSSR count). The lowest BCUT2D eigenvalue weighted by atomic mass is 10.1. The van der Waals surface area contributed by atoms with Gasteiger partial charge in [-0.15, -0.1) is 0 Å². The topological polar surface area (TPSA) is 30.7 Å². The van der Waals surface area contributed by atoms with Gasteiger partial charge in [0.25, 0.3) is 0 Å². The largest absolute Gasteiger partial charge is 0.275 e. The summed E-state index contributed by atoms with van der Waals surface area (Å²) in [4.78, 5) is 4.23. The van der Waals surface area contributed by atoms with Crippen LogP contribution in [0.1, 0.15) is 5.69 Å². The summed E-state index contributed by atoms with van der Waals surface area (Å²) in [5.41, 5.74) is 3.25. The molecule has 0 bridgehead atoms. The first-order valence-corrected chi connectivity index (χ1v) is 4.17. The second kappa shape index (κ2) is 3.01. The average Bonchev–Trinajstić information content (AvgIpc) is 2.53. The van der Waals surface area contributed by atoms with Gasteiger partial charge in [-0.3, -0.25) is 9.67 Å². The summed E-state index contributed by atoms with van der Waals surface area (Å²) < 4.78 is 1.79. The van der Waals surface area contributed by atoms with Crippen molar-refractivity contribution in [2.75, 3.05) is 0 Å². The highest BCUT2D eigenvalue weighted by molar-refractivity contribution is 5.60. The number of aryl methyl sites for hydroxylation is 2. The maximum Gasteiger partial charge on any atom is 0.0568 e. The molecule has 3 heteroatoms. The van der Waals surface area contributed by atoms with E-state index in [1.54, 1.807) is 4.68 Å². The fourth-order valence-corrected chi connectivity index (χ4v) is 1.21. The summed E-state index contributed by atoms with van der Waals surface area (Å²) >= 11 is 0. The van der Waals surface area contributed by atoms with E-state index < -0.39 is 0 Å². The van der Waals surface area contributed by atoms with Gasteiger partial charge in [-0.2, -0.15) is 5.10 Å². The summed E-state index contributed by atoms with van der Waals surface area (Å²) in [5.74, 6) is 0. The minimum absolute atomic E-state index is 1.03. The lowest BCUT2D eigenvalue weighted by Crippen LogP contribution is -1.84. The fraction of sp³-hybridized carbons (Fsp3) is 0.200. The van der Waals surface area contributed by atoms with Crippen molar-refractivity contribution >= 4 is 0 Å². The third kappa shape index (κ3) is 1.59. The number of aromatic nitrogens is 3. The third-order valence-corrected chi connectivity index (χ3v) is 1.95. The first-order chi connectivity index (χ1) is 6.25. The van der Waals surface area contributed by atoms with E-state index in [2.05, 4.69) is 16.1 Å². The molecule has 13 heavy (non-hydrogen) atoms. The molecule has 0 radical (unpaired) electrons. The molecule has 0 saturated carbocycles. The quantitative estimate of drug-likeness (QED) is 0.658. The maximum absolute atomic E-state index is 4.23. The zero-order valence-corrected chi connectivity index (χ0v) is 7.73. The van der Waals surface area contributed by atoms with Crippen LogP contribution >= 0.6 is 0 Å². The molecule has 2 aromatic heterocycles. The fourth-order valence-electron chi connectivity index (χ4n) is 1.21. The van der Waals surface area contributed by atoms with Crippen molar-refractivity contribution in [2.45, 2.75) is 6.92 Å². The SMILES string of the molecule is Cc1ccc(-c2cnn(C)c2)cn1. The predicted molar refractivity (Wildman–Crippen MR) is 51.2 cm³/mol. The van der Waals surface area contributed by atoms with Gasteiger partial charge in [0.15, 0.2) is 0 Å². The van der Waals surface area contributed by atoms with Gasteiger partial charge in [0, 0.05) is 36.3 Å². The van der Waals surface area contributed by atoms with Crippen LogP contribution in [0.25, 0.3) is 11.1 Å². The number of pyridine rings is 1. The maximum atomic E-state index is 4.23. The normalized spacial score (nSPS) is 10.3. The lowest BCUT2D eigenvalue weighted by Gasteiger charge is -1.95. The lowest BCUT2D eigenvalue weighted by molar-refractivity contribution is 0.768. The Morgan fingerprint density at radius 2 is 2.00 bits per heavy atom. The molecule has 66 valence electrons. The Labute approximate surface area is 77.0 Å². The Hall–Kier alpha value is -1.64. The molecule has 0 amide bonds. The van der Waals surface area contributed by atoms with E-state index in [4.69, 9.17) is 0 Å². The number of hydrogen-bond donors (Lipinski definition) is 0. The second-order valence-electron chi connectivity index (χ2n) is 3.09. The van der Waals surface area contributed by atoms with Crippen LogP contribution < -0.4 is 0 Å². The van der Waals surface area contributed by atoms with Gasteiger partial charge < -0.3 is 0 Å². The molecule has 0 atom stereocenters. The molecule has 0 spiro atoms. The van der Waals surface area contributed by atoms with Gasteiger partial charge in [0.2, 0.25) is 0 Å². The van der Waals surface area contributed by atoms with Crippen LogP contribution in [0, 0.1) is 6.92 Å². The highest BCUT2D eigenvalue weighted by Gasteiger charge is 1.99. The monoisotopic (exact) mass is 173 g/mol. The summed E-state index contributed by atoms with van der Waals surface area (Å²) in [6.45, 7) is 1.98. The average molecular weight is 173 g/mol. The smallest absolute Gasteiger partial charge is 0.0568 e. The van der Waals surface area contributed by atoms with E-state index in [-0.39, 0.29) is 0 Å². The van der Waals surface area contributed by atoms with Crippen LogP contribution in [0.15, 0.2) is 30.7 Å². The summed E-state index contributed by atoms with van der Waals surface area (Å²) in [6.07, 6.45) is 5.69.